The summed E-state index contributed by atoms with van der Waals surface area (Å²) in [5.41, 5.74) is 5.82. The topological polar surface area (TPSA) is 50.5 Å². The summed E-state index contributed by atoms with van der Waals surface area (Å²) in [6, 6.07) is 6.71. The SMILES string of the molecule is CN(C)C1(C(NN)c2ccc3c(c2)CCO3)CCCC1. The molecule has 1 heterocycles. The number of rotatable bonds is 4. The van der Waals surface area contributed by atoms with Crippen LogP contribution in [0.4, 0.5) is 0 Å². The van der Waals surface area contributed by atoms with Gasteiger partial charge in [-0.25, -0.2) is 0 Å². The van der Waals surface area contributed by atoms with E-state index in [0.717, 1.165) is 18.8 Å². The maximum atomic E-state index is 5.94. The highest BCUT2D eigenvalue weighted by Gasteiger charge is 2.43. The Morgan fingerprint density at radius 1 is 1.30 bits per heavy atom. The Hall–Kier alpha value is -1.10. The molecule has 4 heteroatoms. The lowest BCUT2D eigenvalue weighted by molar-refractivity contribution is 0.105. The van der Waals surface area contributed by atoms with E-state index in [2.05, 4.69) is 42.6 Å². The molecule has 1 aromatic rings. The Kier molecular flexibility index (Phi) is 3.71. The quantitative estimate of drug-likeness (QED) is 0.652. The lowest BCUT2D eigenvalue weighted by Crippen LogP contribution is -2.53. The number of nitrogens with zero attached hydrogens (tertiary/aromatic N) is 1. The summed E-state index contributed by atoms with van der Waals surface area (Å²) in [6.45, 7) is 0.804. The van der Waals surface area contributed by atoms with Crippen molar-refractivity contribution < 1.29 is 4.74 Å². The molecule has 20 heavy (non-hydrogen) atoms. The van der Waals surface area contributed by atoms with Crippen LogP contribution in [0.5, 0.6) is 5.75 Å². The number of hydrogen-bond acceptors (Lipinski definition) is 4. The van der Waals surface area contributed by atoms with Crippen molar-refractivity contribution in [2.75, 3.05) is 20.7 Å². The smallest absolute Gasteiger partial charge is 0.122 e. The number of fused-ring (bicyclic) bond motifs is 1. The van der Waals surface area contributed by atoms with Crippen molar-refractivity contribution in [1.82, 2.24) is 10.3 Å². The molecule has 0 amide bonds. The minimum atomic E-state index is 0.127. The summed E-state index contributed by atoms with van der Waals surface area (Å²) in [4.78, 5) is 2.36. The zero-order valence-corrected chi connectivity index (χ0v) is 12.5. The van der Waals surface area contributed by atoms with Gasteiger partial charge in [0, 0.05) is 12.0 Å². The van der Waals surface area contributed by atoms with E-state index in [4.69, 9.17) is 10.6 Å². The number of hydrazine groups is 1. The molecular weight excluding hydrogens is 250 g/mol. The first-order valence-electron chi connectivity index (χ1n) is 7.56. The van der Waals surface area contributed by atoms with Crippen LogP contribution >= 0.6 is 0 Å². The van der Waals surface area contributed by atoms with E-state index in [-0.39, 0.29) is 11.6 Å². The van der Waals surface area contributed by atoms with Crippen molar-refractivity contribution in [2.45, 2.75) is 43.7 Å². The Balaban J connectivity index is 1.96. The predicted molar refractivity (Wildman–Crippen MR) is 80.6 cm³/mol. The molecule has 1 aliphatic heterocycles. The van der Waals surface area contributed by atoms with E-state index in [1.54, 1.807) is 0 Å². The Morgan fingerprint density at radius 3 is 2.70 bits per heavy atom. The van der Waals surface area contributed by atoms with E-state index >= 15 is 0 Å². The fourth-order valence-corrected chi connectivity index (χ4v) is 3.93. The molecule has 1 saturated carbocycles. The van der Waals surface area contributed by atoms with Crippen LogP contribution in [0.25, 0.3) is 0 Å². The number of benzene rings is 1. The summed E-state index contributed by atoms with van der Waals surface area (Å²) in [7, 11) is 4.35. The molecule has 4 nitrogen and oxygen atoms in total. The minimum Gasteiger partial charge on any atom is -0.493 e. The molecule has 3 N–H and O–H groups in total. The second-order valence-electron chi connectivity index (χ2n) is 6.27. The van der Waals surface area contributed by atoms with Crippen LogP contribution in [0.2, 0.25) is 0 Å². The normalized spacial score (nSPS) is 21.8. The average molecular weight is 275 g/mol. The molecule has 1 unspecified atom stereocenters. The van der Waals surface area contributed by atoms with Gasteiger partial charge < -0.3 is 9.64 Å². The predicted octanol–water partition coefficient (Wildman–Crippen LogP) is 2.00. The van der Waals surface area contributed by atoms with Gasteiger partial charge in [0.05, 0.1) is 12.6 Å². The number of hydrogen-bond donors (Lipinski definition) is 2. The average Bonchev–Trinajstić information content (AvgIpc) is 3.08. The van der Waals surface area contributed by atoms with Crippen molar-refractivity contribution in [3.8, 4) is 5.75 Å². The van der Waals surface area contributed by atoms with Crippen molar-refractivity contribution >= 4 is 0 Å². The second kappa shape index (κ2) is 5.35. The third kappa shape index (κ3) is 2.12. The first-order chi connectivity index (χ1) is 9.67. The highest BCUT2D eigenvalue weighted by atomic mass is 16.5. The summed E-state index contributed by atoms with van der Waals surface area (Å²) in [6.07, 6.45) is 5.97. The van der Waals surface area contributed by atoms with Crippen LogP contribution in [0.1, 0.15) is 42.9 Å². The molecule has 2 aliphatic rings. The zero-order valence-electron chi connectivity index (χ0n) is 12.5. The van der Waals surface area contributed by atoms with E-state index in [0.29, 0.717) is 0 Å². The van der Waals surface area contributed by atoms with Gasteiger partial charge >= 0.3 is 0 Å². The Labute approximate surface area is 121 Å². The van der Waals surface area contributed by atoms with Gasteiger partial charge in [-0.1, -0.05) is 25.0 Å². The van der Waals surface area contributed by atoms with E-state index in [9.17, 15) is 0 Å². The lowest BCUT2D eigenvalue weighted by atomic mass is 9.82. The first kappa shape index (κ1) is 13.9. The third-order valence-electron chi connectivity index (χ3n) is 5.11. The standard InChI is InChI=1S/C16H25N3O/c1-19(2)16(8-3-4-9-16)15(18-17)13-5-6-14-12(11-13)7-10-20-14/h5-6,11,15,18H,3-4,7-10,17H2,1-2H3. The molecule has 110 valence electrons. The van der Waals surface area contributed by atoms with E-state index in [1.807, 2.05) is 0 Å². The first-order valence-corrected chi connectivity index (χ1v) is 7.56. The molecule has 0 radical (unpaired) electrons. The summed E-state index contributed by atoms with van der Waals surface area (Å²) >= 11 is 0. The maximum absolute atomic E-state index is 5.94. The van der Waals surface area contributed by atoms with Crippen molar-refractivity contribution in [1.29, 1.82) is 0 Å². The molecule has 1 fully saturated rings. The monoisotopic (exact) mass is 275 g/mol. The molecule has 1 aromatic carbocycles. The minimum absolute atomic E-state index is 0.127. The van der Waals surface area contributed by atoms with Gasteiger partial charge in [-0.05, 0) is 44.1 Å². The summed E-state index contributed by atoms with van der Waals surface area (Å²) in [5.74, 6) is 6.98. The highest BCUT2D eigenvalue weighted by Crippen LogP contribution is 2.44. The molecule has 3 rings (SSSR count). The van der Waals surface area contributed by atoms with Crippen molar-refractivity contribution in [3.63, 3.8) is 0 Å². The van der Waals surface area contributed by atoms with Gasteiger partial charge in [0.25, 0.3) is 0 Å². The van der Waals surface area contributed by atoms with Crippen LogP contribution in [0.15, 0.2) is 18.2 Å². The van der Waals surface area contributed by atoms with Crippen LogP contribution in [0, 0.1) is 0 Å². The number of nitrogens with one attached hydrogen (secondary N) is 1. The Bertz CT molecular complexity index is 481. The number of ether oxygens (including phenoxy) is 1. The van der Waals surface area contributed by atoms with Crippen LogP contribution in [0.3, 0.4) is 0 Å². The van der Waals surface area contributed by atoms with E-state index < -0.39 is 0 Å². The molecule has 0 saturated heterocycles. The summed E-state index contributed by atoms with van der Waals surface area (Å²) in [5, 5.41) is 0. The van der Waals surface area contributed by atoms with E-state index in [1.165, 1.54) is 36.8 Å². The molecule has 0 aromatic heterocycles. The number of likely N-dealkylation sites (N-methyl/N-ethyl adjacent to an activating group) is 1. The highest BCUT2D eigenvalue weighted by molar-refractivity contribution is 5.41. The lowest BCUT2D eigenvalue weighted by Gasteiger charge is -2.43. The fraction of sp³-hybridized carbons (Fsp3) is 0.625. The zero-order chi connectivity index (χ0) is 14.2. The van der Waals surface area contributed by atoms with Crippen LogP contribution in [-0.2, 0) is 6.42 Å². The second-order valence-corrected chi connectivity index (χ2v) is 6.27. The summed E-state index contributed by atoms with van der Waals surface area (Å²) < 4.78 is 5.60. The van der Waals surface area contributed by atoms with Crippen molar-refractivity contribution in [3.05, 3.63) is 29.3 Å². The van der Waals surface area contributed by atoms with Crippen LogP contribution < -0.4 is 16.0 Å². The number of nitrogens with two attached hydrogens (primary N) is 1. The van der Waals surface area contributed by atoms with Crippen molar-refractivity contribution in [2.24, 2.45) is 5.84 Å². The molecular formula is C16H25N3O. The van der Waals surface area contributed by atoms with Gasteiger partial charge in [-0.2, -0.15) is 0 Å². The van der Waals surface area contributed by atoms with Gasteiger partial charge in [0.2, 0.25) is 0 Å². The van der Waals surface area contributed by atoms with Crippen LogP contribution in [-0.4, -0.2) is 31.1 Å². The van der Waals surface area contributed by atoms with Gasteiger partial charge in [0.1, 0.15) is 5.75 Å². The maximum Gasteiger partial charge on any atom is 0.122 e. The largest absolute Gasteiger partial charge is 0.493 e. The third-order valence-corrected chi connectivity index (χ3v) is 5.11. The molecule has 0 bridgehead atoms. The van der Waals surface area contributed by atoms with Gasteiger partial charge in [-0.3, -0.25) is 11.3 Å². The van der Waals surface area contributed by atoms with Gasteiger partial charge in [-0.15, -0.1) is 0 Å². The van der Waals surface area contributed by atoms with Gasteiger partial charge in [0.15, 0.2) is 0 Å². The molecule has 1 atom stereocenters. The Morgan fingerprint density at radius 2 is 2.05 bits per heavy atom. The molecule has 0 spiro atoms. The fourth-order valence-electron chi connectivity index (χ4n) is 3.93. The molecule has 1 aliphatic carbocycles.